The number of nitrogens with zero attached hydrogens (tertiary/aromatic N) is 1. The summed E-state index contributed by atoms with van der Waals surface area (Å²) in [6.07, 6.45) is 0. The zero-order valence-corrected chi connectivity index (χ0v) is 39.3. The van der Waals surface area contributed by atoms with Crippen LogP contribution in [0.5, 0.6) is 0 Å². The van der Waals surface area contributed by atoms with Gasteiger partial charge in [-0.1, -0.05) is 224 Å². The Bertz CT molecular complexity index is 3660. The third kappa shape index (κ3) is 6.54. The Hall–Kier alpha value is -8.78. The van der Waals surface area contributed by atoms with Crippen molar-refractivity contribution in [1.29, 1.82) is 0 Å². The van der Waals surface area contributed by atoms with Crippen molar-refractivity contribution in [2.24, 2.45) is 0 Å². The van der Waals surface area contributed by atoms with Crippen LogP contribution in [0.1, 0.15) is 33.4 Å². The van der Waals surface area contributed by atoms with Crippen LogP contribution in [0, 0.1) is 13.8 Å². The first-order valence-corrected chi connectivity index (χ1v) is 24.4. The van der Waals surface area contributed by atoms with Gasteiger partial charge in [-0.15, -0.1) is 0 Å². The molecule has 2 aliphatic carbocycles. The van der Waals surface area contributed by atoms with Crippen molar-refractivity contribution in [3.05, 3.63) is 294 Å². The summed E-state index contributed by atoms with van der Waals surface area (Å²) in [5.74, 6) is 0. The van der Waals surface area contributed by atoms with Gasteiger partial charge >= 0.3 is 0 Å². The fourth-order valence-corrected chi connectivity index (χ4v) is 11.8. The van der Waals surface area contributed by atoms with E-state index in [-0.39, 0.29) is 0 Å². The fraction of sp³-hybridized carbons (Fsp3) is 0.0435. The third-order valence-electron chi connectivity index (χ3n) is 14.9. The van der Waals surface area contributed by atoms with Gasteiger partial charge in [-0.05, 0) is 162 Å². The van der Waals surface area contributed by atoms with Crippen LogP contribution in [-0.4, -0.2) is 0 Å². The van der Waals surface area contributed by atoms with Gasteiger partial charge in [0, 0.05) is 17.1 Å². The van der Waals surface area contributed by atoms with E-state index in [2.05, 4.69) is 280 Å². The van der Waals surface area contributed by atoms with Gasteiger partial charge in [-0.2, -0.15) is 0 Å². The van der Waals surface area contributed by atoms with E-state index in [0.29, 0.717) is 0 Å². The Morgan fingerprint density at radius 3 is 1.36 bits per heavy atom. The van der Waals surface area contributed by atoms with Crippen LogP contribution < -0.4 is 4.90 Å². The molecule has 0 fully saturated rings. The van der Waals surface area contributed by atoms with Crippen molar-refractivity contribution in [2.45, 2.75) is 19.3 Å². The largest absolute Gasteiger partial charge is 0.310 e. The highest BCUT2D eigenvalue weighted by Gasteiger charge is 2.53. The molecule has 330 valence electrons. The van der Waals surface area contributed by atoms with Crippen molar-refractivity contribution in [3.8, 4) is 77.9 Å². The van der Waals surface area contributed by atoms with Crippen molar-refractivity contribution in [3.63, 3.8) is 0 Å². The molecule has 13 rings (SSSR count). The summed E-state index contributed by atoms with van der Waals surface area (Å²) in [6, 6.07) is 96.6. The number of fused-ring (bicyclic) bond motifs is 10. The molecular formula is C69H49N. The zero-order chi connectivity index (χ0) is 46.8. The second kappa shape index (κ2) is 16.8. The maximum absolute atomic E-state index is 2.55. The normalized spacial score (nSPS) is 13.9. The molecule has 11 aromatic rings. The molecule has 2 aliphatic rings. The predicted molar refractivity (Wildman–Crippen MR) is 294 cm³/mol. The van der Waals surface area contributed by atoms with Gasteiger partial charge in [0.25, 0.3) is 0 Å². The molecular weight excluding hydrogens is 843 g/mol. The van der Waals surface area contributed by atoms with Gasteiger partial charge in [0.05, 0.1) is 5.41 Å². The fourth-order valence-electron chi connectivity index (χ4n) is 11.8. The third-order valence-corrected chi connectivity index (χ3v) is 14.9. The summed E-state index contributed by atoms with van der Waals surface area (Å²) in [7, 11) is 0. The van der Waals surface area contributed by atoms with Crippen LogP contribution in [0.15, 0.2) is 261 Å². The SMILES string of the molecule is Cc1cc(-c2ccc3c(c2)C2(c4ccccc4-c4cccc(-c5ccccc5)c42)c2cccc(-c4ccccc4)c2-3)c(C)c(N(c2ccc(-c3ccccc3)cc2)c2ccc(-c3ccccc3)cc2)c1. The molecule has 0 heterocycles. The number of rotatable bonds is 8. The number of hydrogen-bond acceptors (Lipinski definition) is 1. The maximum Gasteiger partial charge on any atom is 0.0731 e. The molecule has 1 nitrogen and oxygen atoms in total. The first kappa shape index (κ1) is 41.4. The molecule has 0 bridgehead atoms. The average Bonchev–Trinajstić information content (AvgIpc) is 3.90. The molecule has 0 N–H and O–H groups in total. The van der Waals surface area contributed by atoms with Crippen LogP contribution >= 0.6 is 0 Å². The predicted octanol–water partition coefficient (Wildman–Crippen LogP) is 18.5. The highest BCUT2D eigenvalue weighted by Crippen LogP contribution is 2.66. The number of aryl methyl sites for hydroxylation is 1. The van der Waals surface area contributed by atoms with E-state index in [1.165, 1.54) is 111 Å². The lowest BCUT2D eigenvalue weighted by atomic mass is 9.68. The number of hydrogen-bond donors (Lipinski definition) is 0. The first-order chi connectivity index (χ1) is 34.6. The van der Waals surface area contributed by atoms with E-state index in [1.54, 1.807) is 0 Å². The smallest absolute Gasteiger partial charge is 0.0731 e. The van der Waals surface area contributed by atoms with E-state index >= 15 is 0 Å². The van der Waals surface area contributed by atoms with Crippen molar-refractivity contribution in [1.82, 2.24) is 0 Å². The Morgan fingerprint density at radius 2 is 0.743 bits per heavy atom. The van der Waals surface area contributed by atoms with Crippen LogP contribution in [0.3, 0.4) is 0 Å². The standard InChI is InChI=1S/C69H49N/c1-46-43-62(47(2)66(44-46)70(55-38-33-50(34-39-55)48-19-7-3-8-20-48)56-40-35-51(36-41-56)49-21-9-4-10-22-49)54-37-42-61-65(45-54)69(64-32-18-28-57(67(61)64)52-23-11-5-12-24-52)63-31-16-15-27-59(63)60-30-17-29-58(68(60)69)53-25-13-6-14-26-53/h3-45H,1-2H3. The molecule has 0 amide bonds. The van der Waals surface area contributed by atoms with Crippen molar-refractivity contribution >= 4 is 17.1 Å². The molecule has 1 atom stereocenters. The number of benzene rings is 11. The molecule has 0 saturated carbocycles. The second-order valence-corrected chi connectivity index (χ2v) is 18.9. The molecule has 1 spiro atoms. The Labute approximate surface area is 411 Å². The lowest BCUT2D eigenvalue weighted by molar-refractivity contribution is 0.796. The van der Waals surface area contributed by atoms with E-state index in [1.807, 2.05) is 0 Å². The van der Waals surface area contributed by atoms with Crippen molar-refractivity contribution < 1.29 is 0 Å². The minimum absolute atomic E-state index is 0.572. The zero-order valence-electron chi connectivity index (χ0n) is 39.3. The van der Waals surface area contributed by atoms with E-state index < -0.39 is 5.41 Å². The molecule has 1 heteroatoms. The molecule has 70 heavy (non-hydrogen) atoms. The summed E-state index contributed by atoms with van der Waals surface area (Å²) >= 11 is 0. The quantitative estimate of drug-likeness (QED) is 0.147. The molecule has 11 aromatic carbocycles. The highest BCUT2D eigenvalue weighted by molar-refractivity contribution is 6.03. The topological polar surface area (TPSA) is 3.24 Å². The monoisotopic (exact) mass is 891 g/mol. The molecule has 0 radical (unpaired) electrons. The minimum atomic E-state index is -0.572. The Morgan fingerprint density at radius 1 is 0.286 bits per heavy atom. The van der Waals surface area contributed by atoms with Crippen LogP contribution in [-0.2, 0) is 5.41 Å². The average molecular weight is 892 g/mol. The van der Waals surface area contributed by atoms with Gasteiger partial charge in [0.2, 0.25) is 0 Å². The van der Waals surface area contributed by atoms with E-state index in [0.717, 1.165) is 17.1 Å². The summed E-state index contributed by atoms with van der Waals surface area (Å²) < 4.78 is 0. The van der Waals surface area contributed by atoms with E-state index in [4.69, 9.17) is 0 Å². The summed E-state index contributed by atoms with van der Waals surface area (Å²) in [4.78, 5) is 2.45. The van der Waals surface area contributed by atoms with Crippen LogP contribution in [0.4, 0.5) is 17.1 Å². The van der Waals surface area contributed by atoms with Gasteiger partial charge in [0.15, 0.2) is 0 Å². The Balaban J connectivity index is 1.04. The molecule has 1 unspecified atom stereocenters. The highest BCUT2D eigenvalue weighted by atomic mass is 15.1. The lowest BCUT2D eigenvalue weighted by Gasteiger charge is -2.33. The maximum atomic E-state index is 2.55. The lowest BCUT2D eigenvalue weighted by Crippen LogP contribution is -2.26. The van der Waals surface area contributed by atoms with Crippen molar-refractivity contribution in [2.75, 3.05) is 4.90 Å². The summed E-state index contributed by atoms with van der Waals surface area (Å²) in [6.45, 7) is 4.56. The molecule has 0 saturated heterocycles. The van der Waals surface area contributed by atoms with E-state index in [9.17, 15) is 0 Å². The van der Waals surface area contributed by atoms with Crippen LogP contribution in [0.2, 0.25) is 0 Å². The summed E-state index contributed by atoms with van der Waals surface area (Å²) in [5.41, 5.74) is 28.0. The van der Waals surface area contributed by atoms with Crippen LogP contribution in [0.25, 0.3) is 77.9 Å². The van der Waals surface area contributed by atoms with Gasteiger partial charge in [-0.3, -0.25) is 0 Å². The van der Waals surface area contributed by atoms with Gasteiger partial charge < -0.3 is 4.90 Å². The van der Waals surface area contributed by atoms with Gasteiger partial charge in [0.1, 0.15) is 0 Å². The molecule has 0 aliphatic heterocycles. The molecule has 0 aromatic heterocycles. The first-order valence-electron chi connectivity index (χ1n) is 24.4. The summed E-state index contributed by atoms with van der Waals surface area (Å²) in [5, 5.41) is 0. The number of anilines is 3. The second-order valence-electron chi connectivity index (χ2n) is 18.9. The minimum Gasteiger partial charge on any atom is -0.310 e. The van der Waals surface area contributed by atoms with Gasteiger partial charge in [-0.25, -0.2) is 0 Å². The Kier molecular flexibility index (Phi) is 9.92.